The van der Waals surface area contributed by atoms with Crippen molar-refractivity contribution >= 4 is 0 Å². The van der Waals surface area contributed by atoms with Crippen LogP contribution < -0.4 is 0 Å². The molecule has 1 fully saturated rings. The molecule has 2 aliphatic rings. The summed E-state index contributed by atoms with van der Waals surface area (Å²) in [6.45, 7) is 17.5. The second-order valence-corrected chi connectivity index (χ2v) is 5.57. The van der Waals surface area contributed by atoms with Crippen molar-refractivity contribution < 1.29 is 0 Å². The minimum Gasteiger partial charge on any atom is -0.306 e. The van der Waals surface area contributed by atoms with Gasteiger partial charge in [0.15, 0.2) is 0 Å². The fraction of sp³-hybridized carbons (Fsp3) is 0.895. The Labute approximate surface area is 135 Å². The number of likely N-dealkylation sites (tertiary alicyclic amines) is 1. The van der Waals surface area contributed by atoms with E-state index in [-0.39, 0.29) is 0 Å². The fourth-order valence-electron chi connectivity index (χ4n) is 2.36. The van der Waals surface area contributed by atoms with Gasteiger partial charge in [-0.05, 0) is 53.2 Å². The molecule has 1 saturated heterocycles. The summed E-state index contributed by atoms with van der Waals surface area (Å²) in [7, 11) is 2.21. The van der Waals surface area contributed by atoms with E-state index in [2.05, 4.69) is 42.8 Å². The van der Waals surface area contributed by atoms with Crippen molar-refractivity contribution in [1.29, 1.82) is 0 Å². The summed E-state index contributed by atoms with van der Waals surface area (Å²) in [5, 5.41) is 0. The zero-order chi connectivity index (χ0) is 16.5. The Bertz CT molecular complexity index is 204. The molecule has 0 bridgehead atoms. The highest BCUT2D eigenvalue weighted by molar-refractivity contribution is 4.91. The summed E-state index contributed by atoms with van der Waals surface area (Å²) in [4.78, 5) is 4.90. The van der Waals surface area contributed by atoms with Gasteiger partial charge in [-0.1, -0.05) is 52.7 Å². The van der Waals surface area contributed by atoms with Crippen LogP contribution in [-0.4, -0.2) is 49.1 Å². The van der Waals surface area contributed by atoms with Crippen LogP contribution in [0.15, 0.2) is 12.2 Å². The summed E-state index contributed by atoms with van der Waals surface area (Å²) >= 11 is 0. The van der Waals surface area contributed by atoms with Crippen molar-refractivity contribution in [2.45, 2.75) is 79.7 Å². The molecule has 128 valence electrons. The molecule has 0 spiro atoms. The quantitative estimate of drug-likeness (QED) is 0.614. The first kappa shape index (κ1) is 22.9. The van der Waals surface area contributed by atoms with Crippen LogP contribution in [0.2, 0.25) is 0 Å². The van der Waals surface area contributed by atoms with Gasteiger partial charge in [-0.15, -0.1) is 0 Å². The molecular formula is C19H42N2. The van der Waals surface area contributed by atoms with Gasteiger partial charge in [0.1, 0.15) is 0 Å². The van der Waals surface area contributed by atoms with Gasteiger partial charge in [0.05, 0.1) is 0 Å². The van der Waals surface area contributed by atoms with Crippen molar-refractivity contribution in [3.8, 4) is 0 Å². The van der Waals surface area contributed by atoms with Crippen LogP contribution in [-0.2, 0) is 0 Å². The number of nitrogens with zero attached hydrogens (tertiary/aromatic N) is 2. The van der Waals surface area contributed by atoms with Gasteiger partial charge < -0.3 is 4.90 Å². The maximum Gasteiger partial charge on any atom is 0.0166 e. The molecular weight excluding hydrogens is 256 g/mol. The van der Waals surface area contributed by atoms with Crippen LogP contribution in [0.4, 0.5) is 0 Å². The minimum absolute atomic E-state index is 0.718. The summed E-state index contributed by atoms with van der Waals surface area (Å²) in [5.41, 5.74) is 0. The summed E-state index contributed by atoms with van der Waals surface area (Å²) in [6, 6.07) is 0.718. The van der Waals surface area contributed by atoms with Crippen molar-refractivity contribution in [3.05, 3.63) is 12.2 Å². The molecule has 0 aromatic heterocycles. The zero-order valence-electron chi connectivity index (χ0n) is 16.0. The number of hydrogen-bond donors (Lipinski definition) is 0. The highest BCUT2D eigenvalue weighted by Gasteiger charge is 2.07. The van der Waals surface area contributed by atoms with Crippen molar-refractivity contribution in [2.75, 3.05) is 33.2 Å². The topological polar surface area (TPSA) is 6.48 Å². The molecule has 0 unspecified atom stereocenters. The molecule has 2 rings (SSSR count). The maximum absolute atomic E-state index is 2.47. The monoisotopic (exact) mass is 298 g/mol. The molecule has 0 aromatic carbocycles. The Morgan fingerprint density at radius 2 is 1.29 bits per heavy atom. The van der Waals surface area contributed by atoms with E-state index >= 15 is 0 Å². The number of hydrogen-bond acceptors (Lipinski definition) is 2. The standard InChI is InChI=1S/C8H15N.C7H15N.2C2H6/c1-8(2)9-6-4-3-5-7-9;1-8-6-4-2-3-5-7-8;2*1-2/h3-4,8H,5-7H2,1-2H3;2-7H2,1H3;2*1-2H3. The second-order valence-electron chi connectivity index (χ2n) is 5.57. The van der Waals surface area contributed by atoms with Gasteiger partial charge in [0.25, 0.3) is 0 Å². The third-order valence-electron chi connectivity index (χ3n) is 3.65. The Morgan fingerprint density at radius 3 is 1.62 bits per heavy atom. The highest BCUT2D eigenvalue weighted by atomic mass is 15.1. The normalized spacial score (nSPS) is 19.2. The molecule has 0 atom stereocenters. The van der Waals surface area contributed by atoms with Crippen molar-refractivity contribution in [1.82, 2.24) is 9.80 Å². The molecule has 0 aliphatic carbocycles. The largest absolute Gasteiger partial charge is 0.306 e. The third kappa shape index (κ3) is 14.4. The molecule has 2 heteroatoms. The Hall–Kier alpha value is -0.340. The van der Waals surface area contributed by atoms with Gasteiger partial charge in [-0.3, -0.25) is 4.90 Å². The van der Waals surface area contributed by atoms with Gasteiger partial charge in [0, 0.05) is 19.1 Å². The predicted octanol–water partition coefficient (Wildman–Crippen LogP) is 5.20. The Kier molecular flexibility index (Phi) is 19.3. The molecule has 2 aliphatic heterocycles. The maximum atomic E-state index is 2.47. The van der Waals surface area contributed by atoms with E-state index in [1.54, 1.807) is 0 Å². The van der Waals surface area contributed by atoms with Crippen molar-refractivity contribution in [2.24, 2.45) is 0 Å². The van der Waals surface area contributed by atoms with Crippen LogP contribution >= 0.6 is 0 Å². The van der Waals surface area contributed by atoms with E-state index in [1.165, 1.54) is 51.7 Å². The van der Waals surface area contributed by atoms with E-state index < -0.39 is 0 Å². The zero-order valence-corrected chi connectivity index (χ0v) is 16.0. The minimum atomic E-state index is 0.718. The van der Waals surface area contributed by atoms with Crippen molar-refractivity contribution in [3.63, 3.8) is 0 Å². The first-order valence-corrected chi connectivity index (χ1v) is 9.27. The van der Waals surface area contributed by atoms with Crippen LogP contribution in [0.5, 0.6) is 0 Å². The van der Waals surface area contributed by atoms with Crippen LogP contribution in [0, 0.1) is 0 Å². The van der Waals surface area contributed by atoms with Gasteiger partial charge in [-0.2, -0.15) is 0 Å². The summed E-state index contributed by atoms with van der Waals surface area (Å²) in [5.74, 6) is 0. The first-order valence-electron chi connectivity index (χ1n) is 9.27. The summed E-state index contributed by atoms with van der Waals surface area (Å²) in [6.07, 6.45) is 11.5. The fourth-order valence-corrected chi connectivity index (χ4v) is 2.36. The highest BCUT2D eigenvalue weighted by Crippen LogP contribution is 2.06. The van der Waals surface area contributed by atoms with Crippen LogP contribution in [0.1, 0.15) is 73.6 Å². The molecule has 0 radical (unpaired) electrons. The average molecular weight is 299 g/mol. The average Bonchev–Trinajstić information content (AvgIpc) is 2.80. The lowest BCUT2D eigenvalue weighted by atomic mass is 10.2. The number of rotatable bonds is 1. The first-order chi connectivity index (χ1) is 10.2. The van der Waals surface area contributed by atoms with Crippen LogP contribution in [0.3, 0.4) is 0 Å². The van der Waals surface area contributed by atoms with E-state index in [0.29, 0.717) is 0 Å². The molecule has 0 aromatic rings. The molecule has 0 N–H and O–H groups in total. The lowest BCUT2D eigenvalue weighted by Crippen LogP contribution is -2.33. The van der Waals surface area contributed by atoms with E-state index in [1.807, 2.05) is 27.7 Å². The van der Waals surface area contributed by atoms with Gasteiger partial charge >= 0.3 is 0 Å². The molecule has 2 nitrogen and oxygen atoms in total. The predicted molar refractivity (Wildman–Crippen MR) is 99.1 cm³/mol. The Balaban J connectivity index is 0. The molecule has 0 amide bonds. The van der Waals surface area contributed by atoms with Gasteiger partial charge in [0.2, 0.25) is 0 Å². The Morgan fingerprint density at radius 1 is 0.762 bits per heavy atom. The third-order valence-corrected chi connectivity index (χ3v) is 3.65. The van der Waals surface area contributed by atoms with E-state index in [9.17, 15) is 0 Å². The van der Waals surface area contributed by atoms with Crippen LogP contribution in [0.25, 0.3) is 0 Å². The molecule has 0 saturated carbocycles. The van der Waals surface area contributed by atoms with E-state index in [0.717, 1.165) is 12.6 Å². The SMILES string of the molecule is CC.CC.CC(C)N1CC=CCC1.CN1CCCCCC1. The smallest absolute Gasteiger partial charge is 0.0166 e. The van der Waals surface area contributed by atoms with E-state index in [4.69, 9.17) is 0 Å². The molecule has 21 heavy (non-hydrogen) atoms. The lowest BCUT2D eigenvalue weighted by molar-refractivity contribution is 0.243. The summed E-state index contributed by atoms with van der Waals surface area (Å²) < 4.78 is 0. The van der Waals surface area contributed by atoms with Gasteiger partial charge in [-0.25, -0.2) is 0 Å². The lowest BCUT2D eigenvalue weighted by Gasteiger charge is -2.26. The molecule has 2 heterocycles. The second kappa shape index (κ2) is 17.7.